The first-order valence-electron chi connectivity index (χ1n) is 5.37. The van der Waals surface area contributed by atoms with Gasteiger partial charge in [0.2, 0.25) is 0 Å². The second-order valence-electron chi connectivity index (χ2n) is 3.73. The summed E-state index contributed by atoms with van der Waals surface area (Å²) in [5.74, 6) is -1.12. The number of benzene rings is 1. The van der Waals surface area contributed by atoms with Gasteiger partial charge in [0.1, 0.15) is 5.75 Å². The Hall–Kier alpha value is -2.08. The van der Waals surface area contributed by atoms with E-state index in [0.29, 0.717) is 0 Å². The van der Waals surface area contributed by atoms with Crippen molar-refractivity contribution in [3.63, 3.8) is 0 Å². The minimum atomic E-state index is -4.87. The number of nitrogens with zero attached hydrogens (tertiary/aromatic N) is 1. The Balaban J connectivity index is 2.39. The van der Waals surface area contributed by atoms with Crippen LogP contribution in [0.1, 0.15) is 15.9 Å². The molecule has 0 aliphatic carbocycles. The van der Waals surface area contributed by atoms with Crippen molar-refractivity contribution >= 4 is 17.4 Å². The molecule has 7 heteroatoms. The fraction of sp³-hybridized carbons (Fsp3) is 0.0769. The van der Waals surface area contributed by atoms with Crippen LogP contribution in [0.3, 0.4) is 0 Å². The Morgan fingerprint density at radius 2 is 1.80 bits per heavy atom. The van der Waals surface area contributed by atoms with E-state index in [1.54, 1.807) is 0 Å². The van der Waals surface area contributed by atoms with Crippen molar-refractivity contribution in [2.45, 2.75) is 6.36 Å². The number of alkyl halides is 3. The topological polar surface area (TPSA) is 39.2 Å². The summed E-state index contributed by atoms with van der Waals surface area (Å²) in [6.07, 6.45) is -2.07. The summed E-state index contributed by atoms with van der Waals surface area (Å²) < 4.78 is 40.4. The highest BCUT2D eigenvalue weighted by Crippen LogP contribution is 2.33. The van der Waals surface area contributed by atoms with Crippen molar-refractivity contribution < 1.29 is 22.7 Å². The number of carbonyl (C=O) groups excluding carboxylic acids is 1. The van der Waals surface area contributed by atoms with E-state index in [9.17, 15) is 18.0 Å². The van der Waals surface area contributed by atoms with Crippen LogP contribution < -0.4 is 4.74 Å². The van der Waals surface area contributed by atoms with Gasteiger partial charge < -0.3 is 4.74 Å². The zero-order valence-corrected chi connectivity index (χ0v) is 10.6. The van der Waals surface area contributed by atoms with Gasteiger partial charge in [0.15, 0.2) is 5.78 Å². The van der Waals surface area contributed by atoms with Crippen molar-refractivity contribution in [2.75, 3.05) is 0 Å². The van der Waals surface area contributed by atoms with Crippen LogP contribution in [-0.2, 0) is 0 Å². The highest BCUT2D eigenvalue weighted by Gasteiger charge is 2.32. The number of carbonyl (C=O) groups is 1. The number of ketones is 1. The monoisotopic (exact) mass is 301 g/mol. The molecule has 1 aromatic carbocycles. The van der Waals surface area contributed by atoms with Crippen molar-refractivity contribution in [1.82, 2.24) is 4.98 Å². The minimum absolute atomic E-state index is 0.0698. The quantitative estimate of drug-likeness (QED) is 0.808. The first-order valence-corrected chi connectivity index (χ1v) is 5.75. The number of hydrogen-bond donors (Lipinski definition) is 0. The largest absolute Gasteiger partial charge is 0.573 e. The average molecular weight is 302 g/mol. The summed E-state index contributed by atoms with van der Waals surface area (Å²) in [7, 11) is 0. The third-order valence-electron chi connectivity index (χ3n) is 2.38. The molecule has 0 saturated heterocycles. The average Bonchev–Trinajstić information content (AvgIpc) is 2.40. The molecule has 0 N–H and O–H groups in total. The van der Waals surface area contributed by atoms with Crippen LogP contribution in [0.25, 0.3) is 0 Å². The first kappa shape index (κ1) is 14.3. The SMILES string of the molecule is O=C(c1ccncc1)c1cccc(OC(F)(F)F)c1Cl. The summed E-state index contributed by atoms with van der Waals surface area (Å²) in [5.41, 5.74) is 0.200. The lowest BCUT2D eigenvalue weighted by Crippen LogP contribution is -2.18. The molecule has 3 nitrogen and oxygen atoms in total. The molecule has 0 saturated carbocycles. The Labute approximate surface area is 117 Å². The summed E-state index contributed by atoms with van der Waals surface area (Å²) in [5, 5.41) is -0.383. The fourth-order valence-corrected chi connectivity index (χ4v) is 1.80. The van der Waals surface area contributed by atoms with Gasteiger partial charge in [0, 0.05) is 23.5 Å². The second-order valence-corrected chi connectivity index (χ2v) is 4.11. The van der Waals surface area contributed by atoms with Gasteiger partial charge in [-0.05, 0) is 24.3 Å². The molecule has 1 heterocycles. The van der Waals surface area contributed by atoms with E-state index in [1.807, 2.05) is 0 Å². The molecule has 0 fully saturated rings. The van der Waals surface area contributed by atoms with Crippen LogP contribution in [0.5, 0.6) is 5.75 Å². The van der Waals surface area contributed by atoms with E-state index in [0.717, 1.165) is 6.07 Å². The molecule has 2 aromatic rings. The molecule has 0 spiro atoms. The molecule has 0 unspecified atom stereocenters. The number of rotatable bonds is 3. The Bertz CT molecular complexity index is 629. The van der Waals surface area contributed by atoms with E-state index >= 15 is 0 Å². The lowest BCUT2D eigenvalue weighted by molar-refractivity contribution is -0.274. The van der Waals surface area contributed by atoms with Crippen LogP contribution in [-0.4, -0.2) is 17.1 Å². The summed E-state index contributed by atoms with van der Waals surface area (Å²) in [4.78, 5) is 15.9. The number of halogens is 4. The van der Waals surface area contributed by atoms with Crippen LogP contribution in [0, 0.1) is 0 Å². The molecule has 104 valence electrons. The Kier molecular flexibility index (Phi) is 3.94. The molecule has 1 aromatic heterocycles. The van der Waals surface area contributed by atoms with Gasteiger partial charge in [-0.15, -0.1) is 13.2 Å². The Morgan fingerprint density at radius 1 is 1.15 bits per heavy atom. The number of hydrogen-bond acceptors (Lipinski definition) is 3. The van der Waals surface area contributed by atoms with Gasteiger partial charge in [0.25, 0.3) is 0 Å². The van der Waals surface area contributed by atoms with E-state index in [-0.39, 0.29) is 16.1 Å². The first-order chi connectivity index (χ1) is 9.38. The summed E-state index contributed by atoms with van der Waals surface area (Å²) in [6.45, 7) is 0. The maximum Gasteiger partial charge on any atom is 0.573 e. The third kappa shape index (κ3) is 3.27. The van der Waals surface area contributed by atoms with Gasteiger partial charge >= 0.3 is 6.36 Å². The lowest BCUT2D eigenvalue weighted by atomic mass is 10.0. The van der Waals surface area contributed by atoms with E-state index in [4.69, 9.17) is 11.6 Å². The Morgan fingerprint density at radius 3 is 2.40 bits per heavy atom. The van der Waals surface area contributed by atoms with E-state index in [1.165, 1.54) is 36.7 Å². The van der Waals surface area contributed by atoms with Crippen molar-refractivity contribution in [3.05, 3.63) is 58.9 Å². The maximum absolute atomic E-state index is 12.2. The van der Waals surface area contributed by atoms with Crippen LogP contribution in [0.2, 0.25) is 5.02 Å². The van der Waals surface area contributed by atoms with E-state index < -0.39 is 17.9 Å². The van der Waals surface area contributed by atoms with E-state index in [2.05, 4.69) is 9.72 Å². The highest BCUT2D eigenvalue weighted by atomic mass is 35.5. The molecular weight excluding hydrogens is 295 g/mol. The zero-order valence-electron chi connectivity index (χ0n) is 9.82. The fourth-order valence-electron chi connectivity index (χ4n) is 1.55. The molecular formula is C13H7ClF3NO2. The summed E-state index contributed by atoms with van der Waals surface area (Å²) >= 11 is 5.80. The number of pyridine rings is 1. The number of aromatic nitrogens is 1. The normalized spacial score (nSPS) is 11.2. The molecule has 0 bridgehead atoms. The van der Waals surface area contributed by atoms with Crippen LogP contribution in [0.15, 0.2) is 42.7 Å². The van der Waals surface area contributed by atoms with Gasteiger partial charge in [-0.2, -0.15) is 0 Å². The number of ether oxygens (including phenoxy) is 1. The molecule has 2 rings (SSSR count). The third-order valence-corrected chi connectivity index (χ3v) is 2.77. The van der Waals surface area contributed by atoms with Crippen molar-refractivity contribution in [3.8, 4) is 5.75 Å². The smallest absolute Gasteiger partial charge is 0.404 e. The highest BCUT2D eigenvalue weighted by molar-refractivity contribution is 6.36. The van der Waals surface area contributed by atoms with Gasteiger partial charge in [-0.25, -0.2) is 0 Å². The lowest BCUT2D eigenvalue weighted by Gasteiger charge is -2.12. The predicted molar refractivity (Wildman–Crippen MR) is 65.8 cm³/mol. The zero-order chi connectivity index (χ0) is 14.8. The van der Waals surface area contributed by atoms with Gasteiger partial charge in [-0.3, -0.25) is 9.78 Å². The molecule has 0 atom stereocenters. The molecule has 0 aliphatic rings. The molecule has 0 amide bonds. The summed E-state index contributed by atoms with van der Waals surface area (Å²) in [6, 6.07) is 6.51. The van der Waals surface area contributed by atoms with Crippen LogP contribution in [0.4, 0.5) is 13.2 Å². The van der Waals surface area contributed by atoms with Crippen molar-refractivity contribution in [2.24, 2.45) is 0 Å². The maximum atomic E-state index is 12.2. The standard InChI is InChI=1S/C13H7ClF3NO2/c14-11-9(12(19)8-4-6-18-7-5-8)2-1-3-10(11)20-13(15,16)17/h1-7H. The minimum Gasteiger partial charge on any atom is -0.404 e. The molecule has 0 radical (unpaired) electrons. The van der Waals surface area contributed by atoms with Crippen molar-refractivity contribution in [1.29, 1.82) is 0 Å². The van der Waals surface area contributed by atoms with Gasteiger partial charge in [-0.1, -0.05) is 17.7 Å². The molecule has 20 heavy (non-hydrogen) atoms. The molecule has 0 aliphatic heterocycles. The van der Waals surface area contributed by atoms with Gasteiger partial charge in [0.05, 0.1) is 5.02 Å². The van der Waals surface area contributed by atoms with Crippen LogP contribution >= 0.6 is 11.6 Å². The second kappa shape index (κ2) is 5.50. The predicted octanol–water partition coefficient (Wildman–Crippen LogP) is 3.86.